The van der Waals surface area contributed by atoms with E-state index in [9.17, 15) is 4.79 Å². The van der Waals surface area contributed by atoms with E-state index < -0.39 is 0 Å². The molecule has 3 heteroatoms. The maximum Gasteiger partial charge on any atom is 0.309 e. The molecule has 2 rings (SSSR count). The van der Waals surface area contributed by atoms with Crippen LogP contribution in [0.4, 0.5) is 0 Å². The minimum atomic E-state index is -0.0721. The highest BCUT2D eigenvalue weighted by atomic mass is 32.2. The summed E-state index contributed by atoms with van der Waals surface area (Å²) >= 11 is 1.95. The number of thioether (sulfide) groups is 1. The Bertz CT molecular complexity index is 399. The van der Waals surface area contributed by atoms with E-state index in [2.05, 4.69) is 0 Å². The fourth-order valence-corrected chi connectivity index (χ4v) is 3.81. The third-order valence-electron chi connectivity index (χ3n) is 3.76. The van der Waals surface area contributed by atoms with Gasteiger partial charge in [0.1, 0.15) is 6.61 Å². The van der Waals surface area contributed by atoms with E-state index >= 15 is 0 Å². The minimum absolute atomic E-state index is 0.00867. The van der Waals surface area contributed by atoms with Crippen molar-refractivity contribution in [2.45, 2.75) is 50.9 Å². The molecule has 0 amide bonds. The molecule has 1 unspecified atom stereocenters. The summed E-state index contributed by atoms with van der Waals surface area (Å²) in [5, 5.41) is 0.758. The van der Waals surface area contributed by atoms with Gasteiger partial charge in [0.05, 0.1) is 5.92 Å². The summed E-state index contributed by atoms with van der Waals surface area (Å²) in [5.74, 6) is 0.806. The number of benzene rings is 1. The van der Waals surface area contributed by atoms with Crippen molar-refractivity contribution in [1.82, 2.24) is 0 Å². The highest BCUT2D eigenvalue weighted by molar-refractivity contribution is 7.99. The van der Waals surface area contributed by atoms with Gasteiger partial charge in [0, 0.05) is 11.0 Å². The van der Waals surface area contributed by atoms with Crippen LogP contribution in [0.2, 0.25) is 0 Å². The van der Waals surface area contributed by atoms with Crippen LogP contribution in [0.3, 0.4) is 0 Å². The number of esters is 1. The van der Waals surface area contributed by atoms with Gasteiger partial charge >= 0.3 is 5.97 Å². The molecule has 0 bridgehead atoms. The molecule has 110 valence electrons. The average molecular weight is 292 g/mol. The normalized spacial score (nSPS) is 17.6. The first-order valence-electron chi connectivity index (χ1n) is 7.58. The second-order valence-electron chi connectivity index (χ2n) is 5.59. The van der Waals surface area contributed by atoms with Crippen LogP contribution in [-0.4, -0.2) is 17.0 Å². The third kappa shape index (κ3) is 5.20. The van der Waals surface area contributed by atoms with Crippen molar-refractivity contribution in [1.29, 1.82) is 0 Å². The van der Waals surface area contributed by atoms with Gasteiger partial charge in [0.2, 0.25) is 0 Å². The summed E-state index contributed by atoms with van der Waals surface area (Å²) in [4.78, 5) is 12.0. The predicted molar refractivity (Wildman–Crippen MR) is 84.7 cm³/mol. The molecule has 0 saturated heterocycles. The summed E-state index contributed by atoms with van der Waals surface area (Å²) in [6.07, 6.45) is 6.72. The lowest BCUT2D eigenvalue weighted by molar-refractivity contribution is -0.148. The standard InChI is InChI=1S/C17H24O2S/c1-14(13-20-16-10-6-3-7-11-16)17(18)19-12-15-8-4-2-5-9-15/h2,4-5,8-9,14,16H,3,6-7,10-13H2,1H3. The molecule has 0 aliphatic heterocycles. The molecule has 0 spiro atoms. The lowest BCUT2D eigenvalue weighted by Crippen LogP contribution is -2.19. The number of rotatable bonds is 6. The quantitative estimate of drug-likeness (QED) is 0.725. The zero-order valence-electron chi connectivity index (χ0n) is 12.2. The number of carbonyl (C=O) groups excluding carboxylic acids is 1. The first-order valence-corrected chi connectivity index (χ1v) is 8.63. The SMILES string of the molecule is CC(CSC1CCCCC1)C(=O)OCc1ccccc1. The Balaban J connectivity index is 1.66. The maximum atomic E-state index is 12.0. The molecule has 0 aromatic heterocycles. The minimum Gasteiger partial charge on any atom is -0.461 e. The molecule has 0 N–H and O–H groups in total. The van der Waals surface area contributed by atoms with Gasteiger partial charge in [0.15, 0.2) is 0 Å². The second kappa shape index (κ2) is 8.35. The highest BCUT2D eigenvalue weighted by Gasteiger charge is 2.19. The van der Waals surface area contributed by atoms with E-state index in [1.165, 1.54) is 32.1 Å². The molecule has 1 atom stereocenters. The van der Waals surface area contributed by atoms with Gasteiger partial charge in [0.25, 0.3) is 0 Å². The van der Waals surface area contributed by atoms with Crippen LogP contribution in [-0.2, 0) is 16.1 Å². The maximum absolute atomic E-state index is 12.0. The van der Waals surface area contributed by atoms with Crippen molar-refractivity contribution in [3.8, 4) is 0 Å². The van der Waals surface area contributed by atoms with Crippen LogP contribution in [0.25, 0.3) is 0 Å². The number of carbonyl (C=O) groups is 1. The van der Waals surface area contributed by atoms with Gasteiger partial charge in [-0.2, -0.15) is 11.8 Å². The topological polar surface area (TPSA) is 26.3 Å². The number of hydrogen-bond donors (Lipinski definition) is 0. The summed E-state index contributed by atoms with van der Waals surface area (Å²) in [6.45, 7) is 2.36. The third-order valence-corrected chi connectivity index (χ3v) is 5.40. The summed E-state index contributed by atoms with van der Waals surface area (Å²) in [7, 11) is 0. The summed E-state index contributed by atoms with van der Waals surface area (Å²) in [6, 6.07) is 9.86. The lowest BCUT2D eigenvalue weighted by atomic mass is 10.0. The summed E-state index contributed by atoms with van der Waals surface area (Å²) < 4.78 is 5.38. The Morgan fingerprint density at radius 3 is 2.65 bits per heavy atom. The van der Waals surface area contributed by atoms with Crippen LogP contribution < -0.4 is 0 Å². The monoisotopic (exact) mass is 292 g/mol. The van der Waals surface area contributed by atoms with Gasteiger partial charge in [-0.25, -0.2) is 0 Å². The first-order chi connectivity index (χ1) is 9.75. The molecule has 1 aliphatic carbocycles. The van der Waals surface area contributed by atoms with Crippen LogP contribution in [0.15, 0.2) is 30.3 Å². The number of hydrogen-bond acceptors (Lipinski definition) is 3. The Hall–Kier alpha value is -0.960. The molecular weight excluding hydrogens is 268 g/mol. The molecule has 0 heterocycles. The van der Waals surface area contributed by atoms with Crippen molar-refractivity contribution in [2.75, 3.05) is 5.75 Å². The number of ether oxygens (including phenoxy) is 1. The van der Waals surface area contributed by atoms with Crippen LogP contribution in [0, 0.1) is 5.92 Å². The highest BCUT2D eigenvalue weighted by Crippen LogP contribution is 2.29. The van der Waals surface area contributed by atoms with E-state index in [1.54, 1.807) is 0 Å². The molecule has 20 heavy (non-hydrogen) atoms. The van der Waals surface area contributed by atoms with Crippen molar-refractivity contribution in [3.05, 3.63) is 35.9 Å². The van der Waals surface area contributed by atoms with E-state index in [0.29, 0.717) is 6.61 Å². The zero-order chi connectivity index (χ0) is 14.2. The van der Waals surface area contributed by atoms with Crippen molar-refractivity contribution in [2.24, 2.45) is 5.92 Å². The largest absolute Gasteiger partial charge is 0.461 e. The van der Waals surface area contributed by atoms with Crippen LogP contribution >= 0.6 is 11.8 Å². The molecular formula is C17H24O2S. The Labute approximate surface area is 126 Å². The van der Waals surface area contributed by atoms with Gasteiger partial charge < -0.3 is 4.74 Å². The van der Waals surface area contributed by atoms with Crippen molar-refractivity contribution >= 4 is 17.7 Å². The molecule has 0 radical (unpaired) electrons. The Morgan fingerprint density at radius 1 is 1.25 bits per heavy atom. The van der Waals surface area contributed by atoms with E-state index in [0.717, 1.165) is 16.6 Å². The van der Waals surface area contributed by atoms with Gasteiger partial charge in [-0.15, -0.1) is 0 Å². The average Bonchev–Trinajstić information content (AvgIpc) is 2.52. The molecule has 1 aliphatic rings. The molecule has 2 nitrogen and oxygen atoms in total. The Morgan fingerprint density at radius 2 is 1.95 bits per heavy atom. The summed E-state index contributed by atoms with van der Waals surface area (Å²) in [5.41, 5.74) is 1.05. The lowest BCUT2D eigenvalue weighted by Gasteiger charge is -2.22. The van der Waals surface area contributed by atoms with Gasteiger partial charge in [-0.1, -0.05) is 56.5 Å². The van der Waals surface area contributed by atoms with Gasteiger partial charge in [-0.3, -0.25) is 4.79 Å². The second-order valence-corrected chi connectivity index (χ2v) is 6.92. The molecule has 1 saturated carbocycles. The van der Waals surface area contributed by atoms with E-state index in [1.807, 2.05) is 49.0 Å². The molecule has 1 aromatic carbocycles. The van der Waals surface area contributed by atoms with Crippen LogP contribution in [0.1, 0.15) is 44.6 Å². The predicted octanol–water partition coefficient (Wildman–Crippen LogP) is 4.43. The van der Waals surface area contributed by atoms with Crippen LogP contribution in [0.5, 0.6) is 0 Å². The first kappa shape index (κ1) is 15.4. The van der Waals surface area contributed by atoms with Crippen molar-refractivity contribution in [3.63, 3.8) is 0 Å². The van der Waals surface area contributed by atoms with Crippen molar-refractivity contribution < 1.29 is 9.53 Å². The smallest absolute Gasteiger partial charge is 0.309 e. The zero-order valence-corrected chi connectivity index (χ0v) is 13.0. The van der Waals surface area contributed by atoms with E-state index in [-0.39, 0.29) is 11.9 Å². The Kier molecular flexibility index (Phi) is 6.44. The molecule has 1 fully saturated rings. The fourth-order valence-electron chi connectivity index (χ4n) is 2.45. The van der Waals surface area contributed by atoms with E-state index in [4.69, 9.17) is 4.74 Å². The van der Waals surface area contributed by atoms with Gasteiger partial charge in [-0.05, 0) is 18.4 Å². The fraction of sp³-hybridized carbons (Fsp3) is 0.588. The molecule has 1 aromatic rings.